The summed E-state index contributed by atoms with van der Waals surface area (Å²) in [6.07, 6.45) is 0.850. The van der Waals surface area contributed by atoms with Gasteiger partial charge in [-0.25, -0.2) is 0 Å². The third-order valence-electron chi connectivity index (χ3n) is 3.34. The van der Waals surface area contributed by atoms with Crippen LogP contribution in [-0.4, -0.2) is 32.8 Å². The summed E-state index contributed by atoms with van der Waals surface area (Å²) in [5, 5.41) is 3.14. The Balaban J connectivity index is 1.93. The Morgan fingerprint density at radius 1 is 1.12 bits per heavy atom. The van der Waals surface area contributed by atoms with Gasteiger partial charge in [-0.1, -0.05) is 36.7 Å². The predicted octanol–water partition coefficient (Wildman–Crippen LogP) is 3.95. The maximum absolute atomic E-state index is 12.3. The van der Waals surface area contributed by atoms with Crippen LogP contribution >= 0.6 is 11.6 Å². The highest BCUT2D eigenvalue weighted by Crippen LogP contribution is 2.36. The second-order valence-electron chi connectivity index (χ2n) is 5.26. The zero-order valence-corrected chi connectivity index (χ0v) is 15.1. The first kappa shape index (κ1) is 18.9. The summed E-state index contributed by atoms with van der Waals surface area (Å²) >= 11 is 6.22. The van der Waals surface area contributed by atoms with Gasteiger partial charge in [0, 0.05) is 5.56 Å². The molecule has 2 aromatic rings. The average molecular weight is 364 g/mol. The van der Waals surface area contributed by atoms with Gasteiger partial charge in [-0.05, 0) is 30.7 Å². The first-order valence-electron chi connectivity index (χ1n) is 8.12. The van der Waals surface area contributed by atoms with Gasteiger partial charge in [0.1, 0.15) is 12.4 Å². The highest BCUT2D eigenvalue weighted by molar-refractivity contribution is 6.32. The lowest BCUT2D eigenvalue weighted by Gasteiger charge is -2.14. The molecule has 0 saturated heterocycles. The van der Waals surface area contributed by atoms with Gasteiger partial charge in [-0.3, -0.25) is 4.79 Å². The highest BCUT2D eigenvalue weighted by Gasteiger charge is 2.15. The lowest BCUT2D eigenvalue weighted by atomic mass is 10.2. The molecule has 0 atom stereocenters. The Bertz CT molecular complexity index is 691. The molecular formula is C19H22ClNO4. The van der Waals surface area contributed by atoms with Crippen LogP contribution in [0.1, 0.15) is 23.7 Å². The molecule has 0 fully saturated rings. The number of halogens is 1. The quantitative estimate of drug-likeness (QED) is 0.685. The predicted molar refractivity (Wildman–Crippen MR) is 98.1 cm³/mol. The van der Waals surface area contributed by atoms with Crippen molar-refractivity contribution in [1.29, 1.82) is 0 Å². The van der Waals surface area contributed by atoms with E-state index in [9.17, 15) is 4.79 Å². The number of methoxy groups -OCH3 is 1. The maximum atomic E-state index is 12.3. The molecule has 0 aliphatic rings. The Morgan fingerprint density at radius 3 is 2.56 bits per heavy atom. The third-order valence-corrected chi connectivity index (χ3v) is 3.62. The minimum absolute atomic E-state index is 0.251. The SMILES string of the molecule is CCCOc1c(Cl)cc(C(=O)NCCOc2ccccc2)cc1OC. The van der Waals surface area contributed by atoms with E-state index in [-0.39, 0.29) is 5.91 Å². The lowest BCUT2D eigenvalue weighted by Crippen LogP contribution is -2.28. The Labute approximate surface area is 152 Å². The van der Waals surface area contributed by atoms with Crippen LogP contribution in [0, 0.1) is 0 Å². The standard InChI is InChI=1S/C19H22ClNO4/c1-3-10-25-18-16(20)12-14(13-17(18)23-2)19(22)21-9-11-24-15-7-5-4-6-8-15/h4-8,12-13H,3,9-11H2,1-2H3,(H,21,22). The molecule has 0 aliphatic carbocycles. The van der Waals surface area contributed by atoms with Gasteiger partial charge in [0.2, 0.25) is 0 Å². The van der Waals surface area contributed by atoms with Gasteiger partial charge in [-0.2, -0.15) is 0 Å². The molecule has 0 unspecified atom stereocenters. The number of hydrogen-bond acceptors (Lipinski definition) is 4. The number of ether oxygens (including phenoxy) is 3. The van der Waals surface area contributed by atoms with Crippen molar-refractivity contribution in [3.05, 3.63) is 53.1 Å². The summed E-state index contributed by atoms with van der Waals surface area (Å²) in [6, 6.07) is 12.6. The molecule has 1 N–H and O–H groups in total. The Morgan fingerprint density at radius 2 is 1.88 bits per heavy atom. The van der Waals surface area contributed by atoms with Crippen LogP contribution in [0.4, 0.5) is 0 Å². The van der Waals surface area contributed by atoms with Crippen LogP contribution in [0.5, 0.6) is 17.2 Å². The molecule has 0 radical (unpaired) electrons. The van der Waals surface area contributed by atoms with E-state index >= 15 is 0 Å². The number of hydrogen-bond donors (Lipinski definition) is 1. The van der Waals surface area contributed by atoms with Gasteiger partial charge in [0.25, 0.3) is 5.91 Å². The molecular weight excluding hydrogens is 342 g/mol. The Kier molecular flexibility index (Phi) is 7.41. The summed E-state index contributed by atoms with van der Waals surface area (Å²) in [5.41, 5.74) is 0.408. The minimum Gasteiger partial charge on any atom is -0.493 e. The summed E-state index contributed by atoms with van der Waals surface area (Å²) in [6.45, 7) is 3.28. The van der Waals surface area contributed by atoms with Crippen molar-refractivity contribution in [3.8, 4) is 17.2 Å². The van der Waals surface area contributed by atoms with Crippen molar-refractivity contribution in [3.63, 3.8) is 0 Å². The molecule has 0 aromatic heterocycles. The molecule has 5 nitrogen and oxygen atoms in total. The monoisotopic (exact) mass is 363 g/mol. The van der Waals surface area contributed by atoms with Crippen LogP contribution < -0.4 is 19.5 Å². The van der Waals surface area contributed by atoms with Crippen molar-refractivity contribution in [1.82, 2.24) is 5.32 Å². The second kappa shape index (κ2) is 9.79. The molecule has 25 heavy (non-hydrogen) atoms. The largest absolute Gasteiger partial charge is 0.493 e. The van der Waals surface area contributed by atoms with E-state index in [1.165, 1.54) is 7.11 Å². The van der Waals surface area contributed by atoms with E-state index in [4.69, 9.17) is 25.8 Å². The van der Waals surface area contributed by atoms with Crippen LogP contribution in [0.25, 0.3) is 0 Å². The third kappa shape index (κ3) is 5.57. The molecule has 134 valence electrons. The topological polar surface area (TPSA) is 56.8 Å². The number of rotatable bonds is 9. The first-order valence-corrected chi connectivity index (χ1v) is 8.50. The van der Waals surface area contributed by atoms with Crippen molar-refractivity contribution < 1.29 is 19.0 Å². The van der Waals surface area contributed by atoms with Gasteiger partial charge < -0.3 is 19.5 Å². The zero-order valence-electron chi connectivity index (χ0n) is 14.4. The number of carbonyl (C=O) groups is 1. The van der Waals surface area contributed by atoms with E-state index < -0.39 is 0 Å². The van der Waals surface area contributed by atoms with Gasteiger partial charge in [-0.15, -0.1) is 0 Å². The van der Waals surface area contributed by atoms with E-state index in [2.05, 4.69) is 5.32 Å². The van der Waals surface area contributed by atoms with Gasteiger partial charge >= 0.3 is 0 Å². The Hall–Kier alpha value is -2.40. The van der Waals surface area contributed by atoms with Crippen LogP contribution in [0.2, 0.25) is 5.02 Å². The normalized spacial score (nSPS) is 10.2. The molecule has 0 bridgehead atoms. The van der Waals surface area contributed by atoms with E-state index in [0.717, 1.165) is 12.2 Å². The minimum atomic E-state index is -0.251. The zero-order chi connectivity index (χ0) is 18.1. The van der Waals surface area contributed by atoms with Crippen molar-refractivity contribution >= 4 is 17.5 Å². The van der Waals surface area contributed by atoms with E-state index in [1.54, 1.807) is 12.1 Å². The molecule has 0 heterocycles. The van der Waals surface area contributed by atoms with E-state index in [0.29, 0.717) is 41.8 Å². The highest BCUT2D eigenvalue weighted by atomic mass is 35.5. The molecule has 0 saturated carbocycles. The molecule has 0 aliphatic heterocycles. The number of carbonyl (C=O) groups excluding carboxylic acids is 1. The molecule has 2 aromatic carbocycles. The molecule has 0 spiro atoms. The van der Waals surface area contributed by atoms with Crippen LogP contribution in [0.3, 0.4) is 0 Å². The molecule has 1 amide bonds. The van der Waals surface area contributed by atoms with Crippen molar-refractivity contribution in [2.75, 3.05) is 26.9 Å². The average Bonchev–Trinajstić information content (AvgIpc) is 2.64. The fraction of sp³-hybridized carbons (Fsp3) is 0.316. The van der Waals surface area contributed by atoms with Gasteiger partial charge in [0.05, 0.1) is 25.3 Å². The number of para-hydroxylation sites is 1. The summed E-state index contributed by atoms with van der Waals surface area (Å²) in [4.78, 5) is 12.3. The summed E-state index contributed by atoms with van der Waals surface area (Å²) in [5.74, 6) is 1.40. The van der Waals surface area contributed by atoms with Crippen LogP contribution in [0.15, 0.2) is 42.5 Å². The summed E-state index contributed by atoms with van der Waals surface area (Å²) in [7, 11) is 1.51. The number of benzene rings is 2. The maximum Gasteiger partial charge on any atom is 0.251 e. The van der Waals surface area contributed by atoms with Crippen molar-refractivity contribution in [2.45, 2.75) is 13.3 Å². The van der Waals surface area contributed by atoms with E-state index in [1.807, 2.05) is 37.3 Å². The van der Waals surface area contributed by atoms with Crippen LogP contribution in [-0.2, 0) is 0 Å². The summed E-state index contributed by atoms with van der Waals surface area (Å²) < 4.78 is 16.4. The van der Waals surface area contributed by atoms with Gasteiger partial charge in [0.15, 0.2) is 11.5 Å². The first-order chi connectivity index (χ1) is 12.2. The van der Waals surface area contributed by atoms with Crippen molar-refractivity contribution in [2.24, 2.45) is 0 Å². The fourth-order valence-electron chi connectivity index (χ4n) is 2.15. The molecule has 2 rings (SSSR count). The fourth-order valence-corrected chi connectivity index (χ4v) is 2.41. The lowest BCUT2D eigenvalue weighted by molar-refractivity contribution is 0.0946. The molecule has 6 heteroatoms. The number of nitrogens with one attached hydrogen (secondary N) is 1. The smallest absolute Gasteiger partial charge is 0.251 e. The second-order valence-corrected chi connectivity index (χ2v) is 5.66. The number of amides is 1.